The first-order valence-corrected chi connectivity index (χ1v) is 13.5. The Morgan fingerprint density at radius 1 is 0.788 bits per heavy atom. The van der Waals surface area contributed by atoms with Gasteiger partial charge in [0.1, 0.15) is 0 Å². The van der Waals surface area contributed by atoms with Gasteiger partial charge in [0.25, 0.3) is 10.0 Å². The molecule has 0 amide bonds. The zero-order valence-electron chi connectivity index (χ0n) is 18.9. The van der Waals surface area contributed by atoms with Crippen LogP contribution in [0, 0.1) is 0 Å². The van der Waals surface area contributed by atoms with Crippen molar-refractivity contribution in [1.82, 2.24) is 4.90 Å². The highest BCUT2D eigenvalue weighted by molar-refractivity contribution is 7.92. The van der Waals surface area contributed by atoms with Crippen LogP contribution in [-0.2, 0) is 23.0 Å². The predicted molar refractivity (Wildman–Crippen MR) is 136 cm³/mol. The van der Waals surface area contributed by atoms with E-state index < -0.39 is 10.0 Å². The van der Waals surface area contributed by atoms with E-state index >= 15 is 0 Å². The van der Waals surface area contributed by atoms with Crippen molar-refractivity contribution in [2.24, 2.45) is 0 Å². The lowest BCUT2D eigenvalue weighted by Crippen LogP contribution is -2.31. The maximum absolute atomic E-state index is 13.7. The Labute approximate surface area is 202 Å². The van der Waals surface area contributed by atoms with Gasteiger partial charge in [-0.2, -0.15) is 0 Å². The highest BCUT2D eigenvalue weighted by Gasteiger charge is 2.26. The Balaban J connectivity index is 1.57. The molecule has 0 aliphatic carbocycles. The van der Waals surface area contributed by atoms with Crippen molar-refractivity contribution in [1.29, 1.82) is 0 Å². The number of likely N-dealkylation sites (tertiary alicyclic amines) is 1. The Bertz CT molecular complexity index is 1130. The van der Waals surface area contributed by atoms with Gasteiger partial charge in [0, 0.05) is 5.02 Å². The van der Waals surface area contributed by atoms with Gasteiger partial charge in [0.2, 0.25) is 0 Å². The number of halogens is 1. The second kappa shape index (κ2) is 11.2. The van der Waals surface area contributed by atoms with Gasteiger partial charge < -0.3 is 4.90 Å². The minimum absolute atomic E-state index is 0.235. The fourth-order valence-electron chi connectivity index (χ4n) is 4.43. The number of rotatable bonds is 9. The van der Waals surface area contributed by atoms with E-state index in [-0.39, 0.29) is 11.4 Å². The molecule has 1 aliphatic heterocycles. The molecule has 0 radical (unpaired) electrons. The van der Waals surface area contributed by atoms with E-state index in [1.807, 2.05) is 48.5 Å². The SMILES string of the molecule is O=S(=O)(c1ccc(Cl)cc1)N(Cc1ccccc1CCCN1CCCCC1)c1ccccc1. The van der Waals surface area contributed by atoms with Crippen molar-refractivity contribution in [2.75, 3.05) is 23.9 Å². The van der Waals surface area contributed by atoms with Gasteiger partial charge in [-0.25, -0.2) is 8.42 Å². The minimum atomic E-state index is -3.76. The van der Waals surface area contributed by atoms with Crippen LogP contribution in [0.2, 0.25) is 5.02 Å². The summed E-state index contributed by atoms with van der Waals surface area (Å²) in [4.78, 5) is 2.78. The molecule has 6 heteroatoms. The molecule has 174 valence electrons. The fraction of sp³-hybridized carbons (Fsp3) is 0.333. The Hall–Kier alpha value is -2.34. The van der Waals surface area contributed by atoms with E-state index in [1.54, 1.807) is 24.3 Å². The summed E-state index contributed by atoms with van der Waals surface area (Å²) in [5.74, 6) is 0. The van der Waals surface area contributed by atoms with Gasteiger partial charge in [-0.1, -0.05) is 60.5 Å². The molecule has 3 aromatic carbocycles. The molecule has 0 N–H and O–H groups in total. The fourth-order valence-corrected chi connectivity index (χ4v) is 6.00. The second-order valence-electron chi connectivity index (χ2n) is 8.58. The summed E-state index contributed by atoms with van der Waals surface area (Å²) in [5.41, 5.74) is 2.90. The number of hydrogen-bond acceptors (Lipinski definition) is 3. The number of para-hydroxylation sites is 1. The summed E-state index contributed by atoms with van der Waals surface area (Å²) < 4.78 is 28.8. The number of nitrogens with zero attached hydrogens (tertiary/aromatic N) is 2. The average Bonchev–Trinajstić information content (AvgIpc) is 2.85. The molecular weight excluding hydrogens is 452 g/mol. The van der Waals surface area contributed by atoms with Crippen LogP contribution < -0.4 is 4.31 Å². The smallest absolute Gasteiger partial charge is 0.264 e. The number of piperidine rings is 1. The molecule has 0 bridgehead atoms. The number of sulfonamides is 1. The summed E-state index contributed by atoms with van der Waals surface area (Å²) >= 11 is 6.00. The first-order chi connectivity index (χ1) is 16.0. The molecule has 0 unspecified atom stereocenters. The number of hydrogen-bond donors (Lipinski definition) is 0. The summed E-state index contributed by atoms with van der Waals surface area (Å²) in [6.07, 6.45) is 5.95. The van der Waals surface area contributed by atoms with Crippen LogP contribution in [0.3, 0.4) is 0 Å². The summed E-state index contributed by atoms with van der Waals surface area (Å²) in [5, 5.41) is 0.513. The van der Waals surface area contributed by atoms with Crippen LogP contribution in [0.25, 0.3) is 0 Å². The van der Waals surface area contributed by atoms with Gasteiger partial charge in [0.15, 0.2) is 0 Å². The highest BCUT2D eigenvalue weighted by atomic mass is 35.5. The van der Waals surface area contributed by atoms with E-state index in [2.05, 4.69) is 11.0 Å². The first kappa shape index (κ1) is 23.8. The third-order valence-corrected chi connectivity index (χ3v) is 8.29. The van der Waals surface area contributed by atoms with Crippen LogP contribution in [0.4, 0.5) is 5.69 Å². The molecule has 0 atom stereocenters. The van der Waals surface area contributed by atoms with Crippen molar-refractivity contribution in [2.45, 2.75) is 43.5 Å². The maximum Gasteiger partial charge on any atom is 0.264 e. The molecule has 1 saturated heterocycles. The van der Waals surface area contributed by atoms with Crippen LogP contribution in [0.5, 0.6) is 0 Å². The largest absolute Gasteiger partial charge is 0.303 e. The van der Waals surface area contributed by atoms with E-state index in [4.69, 9.17) is 11.6 Å². The monoisotopic (exact) mass is 482 g/mol. The number of benzene rings is 3. The Morgan fingerprint density at radius 3 is 2.12 bits per heavy atom. The minimum Gasteiger partial charge on any atom is -0.303 e. The van der Waals surface area contributed by atoms with Gasteiger partial charge in [-0.05, 0) is 92.8 Å². The molecule has 0 spiro atoms. The van der Waals surface area contributed by atoms with Crippen molar-refractivity contribution >= 4 is 27.3 Å². The van der Waals surface area contributed by atoms with E-state index in [9.17, 15) is 8.42 Å². The molecule has 3 aromatic rings. The molecular formula is C27H31ClN2O2S. The zero-order chi connectivity index (χ0) is 23.1. The van der Waals surface area contributed by atoms with Crippen molar-refractivity contribution in [3.8, 4) is 0 Å². The van der Waals surface area contributed by atoms with Crippen LogP contribution in [-0.4, -0.2) is 33.0 Å². The normalized spacial score (nSPS) is 14.8. The molecule has 0 aromatic heterocycles. The Kier molecular flexibility index (Phi) is 8.07. The lowest BCUT2D eigenvalue weighted by Gasteiger charge is -2.27. The summed E-state index contributed by atoms with van der Waals surface area (Å²) in [7, 11) is -3.76. The maximum atomic E-state index is 13.7. The quantitative estimate of drug-likeness (QED) is 0.367. The van der Waals surface area contributed by atoms with Gasteiger partial charge in [-0.15, -0.1) is 0 Å². The standard InChI is InChI=1S/C27H31ClN2O2S/c28-25-15-17-27(18-16-25)33(31,32)30(26-13-3-1-4-14-26)22-24-11-6-5-10-23(24)12-9-21-29-19-7-2-8-20-29/h1,3-6,10-11,13-18H,2,7-9,12,19-22H2. The van der Waals surface area contributed by atoms with Crippen LogP contribution in [0.1, 0.15) is 36.8 Å². The topological polar surface area (TPSA) is 40.6 Å². The zero-order valence-corrected chi connectivity index (χ0v) is 20.4. The Morgan fingerprint density at radius 2 is 1.42 bits per heavy atom. The molecule has 1 heterocycles. The van der Waals surface area contributed by atoms with Crippen molar-refractivity contribution in [3.63, 3.8) is 0 Å². The predicted octanol–water partition coefficient (Wildman–Crippen LogP) is 6.15. The van der Waals surface area contributed by atoms with E-state index in [0.29, 0.717) is 10.7 Å². The first-order valence-electron chi connectivity index (χ1n) is 11.7. The van der Waals surface area contributed by atoms with E-state index in [0.717, 1.165) is 24.9 Å². The molecule has 33 heavy (non-hydrogen) atoms. The second-order valence-corrected chi connectivity index (χ2v) is 10.9. The van der Waals surface area contributed by atoms with Gasteiger partial charge in [-0.3, -0.25) is 4.31 Å². The van der Waals surface area contributed by atoms with Gasteiger partial charge >= 0.3 is 0 Å². The third kappa shape index (κ3) is 6.17. The number of anilines is 1. The lowest BCUT2D eigenvalue weighted by molar-refractivity contribution is 0.226. The van der Waals surface area contributed by atoms with Gasteiger partial charge in [0.05, 0.1) is 17.1 Å². The summed E-state index contributed by atoms with van der Waals surface area (Å²) in [6.45, 7) is 3.78. The average molecular weight is 483 g/mol. The van der Waals surface area contributed by atoms with Crippen LogP contribution >= 0.6 is 11.6 Å². The molecule has 0 saturated carbocycles. The molecule has 4 nitrogen and oxygen atoms in total. The molecule has 1 aliphatic rings. The van der Waals surface area contributed by atoms with E-state index in [1.165, 1.54) is 42.2 Å². The van der Waals surface area contributed by atoms with Crippen LogP contribution in [0.15, 0.2) is 83.8 Å². The number of aryl methyl sites for hydroxylation is 1. The highest BCUT2D eigenvalue weighted by Crippen LogP contribution is 2.28. The summed E-state index contributed by atoms with van der Waals surface area (Å²) in [6, 6.07) is 23.9. The lowest BCUT2D eigenvalue weighted by atomic mass is 10.0. The molecule has 1 fully saturated rings. The third-order valence-electron chi connectivity index (χ3n) is 6.25. The van der Waals surface area contributed by atoms with Crippen molar-refractivity contribution < 1.29 is 8.42 Å². The molecule has 4 rings (SSSR count). The van der Waals surface area contributed by atoms with Crippen molar-refractivity contribution in [3.05, 3.63) is 95.0 Å².